The number of allylic oxidation sites excluding steroid dienone is 3. The molecule has 0 unspecified atom stereocenters. The quantitative estimate of drug-likeness (QED) is 0.711. The molecule has 4 rings (SSSR count). The third kappa shape index (κ3) is 2.91. The van der Waals surface area contributed by atoms with Gasteiger partial charge in [0.25, 0.3) is 0 Å². The van der Waals surface area contributed by atoms with Crippen molar-refractivity contribution in [3.63, 3.8) is 0 Å². The second-order valence-electron chi connectivity index (χ2n) is 5.85. The molecule has 0 aliphatic carbocycles. The zero-order valence-electron chi connectivity index (χ0n) is 13.3. The first-order valence-corrected chi connectivity index (χ1v) is 8.21. The van der Waals surface area contributed by atoms with Gasteiger partial charge in [0.2, 0.25) is 0 Å². The highest BCUT2D eigenvalue weighted by Crippen LogP contribution is 2.29. The van der Waals surface area contributed by atoms with Crippen molar-refractivity contribution >= 4 is 11.8 Å². The lowest BCUT2D eigenvalue weighted by Gasteiger charge is -2.15. The number of hydrogen-bond donors (Lipinski definition) is 0. The summed E-state index contributed by atoms with van der Waals surface area (Å²) in [5.74, 6) is 0.824. The lowest BCUT2D eigenvalue weighted by atomic mass is 9.98. The van der Waals surface area contributed by atoms with Crippen LogP contribution in [0, 0.1) is 0 Å². The van der Waals surface area contributed by atoms with E-state index in [1.807, 2.05) is 28.9 Å². The Bertz CT molecular complexity index is 891. The van der Waals surface area contributed by atoms with E-state index in [2.05, 4.69) is 64.1 Å². The van der Waals surface area contributed by atoms with Gasteiger partial charge in [0.05, 0.1) is 0 Å². The molecule has 4 heteroatoms. The van der Waals surface area contributed by atoms with Gasteiger partial charge in [-0.05, 0) is 46.9 Å². The van der Waals surface area contributed by atoms with Gasteiger partial charge in [-0.3, -0.25) is 0 Å². The van der Waals surface area contributed by atoms with Crippen molar-refractivity contribution in [2.75, 3.05) is 0 Å². The summed E-state index contributed by atoms with van der Waals surface area (Å²) >= 11 is 0. The minimum absolute atomic E-state index is 0.824. The predicted molar refractivity (Wildman–Crippen MR) is 95.9 cm³/mol. The van der Waals surface area contributed by atoms with E-state index in [-0.39, 0.29) is 0 Å². The number of rotatable bonds is 2. The smallest absolute Gasteiger partial charge is 0.186 e. The molecule has 2 heterocycles. The van der Waals surface area contributed by atoms with Gasteiger partial charge in [-0.25, -0.2) is 0 Å². The van der Waals surface area contributed by atoms with E-state index in [4.69, 9.17) is 0 Å². The molecular weight excluding hydrogens is 296 g/mol. The lowest BCUT2D eigenvalue weighted by Crippen LogP contribution is -2.07. The van der Waals surface area contributed by atoms with Crippen molar-refractivity contribution in [3.05, 3.63) is 77.9 Å². The highest BCUT2D eigenvalue weighted by Gasteiger charge is 2.18. The Labute approximate surface area is 141 Å². The van der Waals surface area contributed by atoms with Crippen molar-refractivity contribution in [2.45, 2.75) is 19.3 Å². The molecule has 0 fully saturated rings. The number of tetrazole rings is 1. The second-order valence-corrected chi connectivity index (χ2v) is 5.85. The van der Waals surface area contributed by atoms with Crippen LogP contribution in [0.2, 0.25) is 0 Å². The van der Waals surface area contributed by atoms with E-state index < -0.39 is 0 Å². The van der Waals surface area contributed by atoms with E-state index >= 15 is 0 Å². The van der Waals surface area contributed by atoms with E-state index in [1.54, 1.807) is 0 Å². The molecule has 1 aromatic heterocycles. The van der Waals surface area contributed by atoms with Crippen LogP contribution in [0.5, 0.6) is 0 Å². The molecule has 0 saturated carbocycles. The second kappa shape index (κ2) is 6.62. The van der Waals surface area contributed by atoms with Gasteiger partial charge in [0.15, 0.2) is 5.82 Å². The maximum Gasteiger partial charge on any atom is 0.186 e. The first-order valence-electron chi connectivity index (χ1n) is 8.21. The van der Waals surface area contributed by atoms with E-state index in [0.717, 1.165) is 36.3 Å². The molecular formula is C20H18N4. The first kappa shape index (κ1) is 14.6. The highest BCUT2D eigenvalue weighted by atomic mass is 15.5. The number of fused-ring (bicyclic) bond motifs is 3. The molecule has 0 amide bonds. The summed E-state index contributed by atoms with van der Waals surface area (Å²) in [6.45, 7) is 0. The molecule has 0 atom stereocenters. The SMILES string of the molecule is C(=C\c1ccccc1)/C=C1\CCCc2ccccc2-c2nnnn21. The van der Waals surface area contributed by atoms with Crippen LogP contribution >= 0.6 is 0 Å². The molecule has 2 aromatic carbocycles. The fourth-order valence-electron chi connectivity index (χ4n) is 3.06. The van der Waals surface area contributed by atoms with Crippen LogP contribution in [0.25, 0.3) is 23.2 Å². The summed E-state index contributed by atoms with van der Waals surface area (Å²) in [4.78, 5) is 0. The van der Waals surface area contributed by atoms with Gasteiger partial charge in [0, 0.05) is 11.3 Å². The topological polar surface area (TPSA) is 43.6 Å². The van der Waals surface area contributed by atoms with Crippen molar-refractivity contribution in [3.8, 4) is 11.4 Å². The van der Waals surface area contributed by atoms with Gasteiger partial charge < -0.3 is 0 Å². The summed E-state index contributed by atoms with van der Waals surface area (Å²) in [6, 6.07) is 18.7. The van der Waals surface area contributed by atoms with Gasteiger partial charge in [-0.15, -0.1) is 5.10 Å². The predicted octanol–water partition coefficient (Wildman–Crippen LogP) is 4.23. The zero-order chi connectivity index (χ0) is 16.2. The summed E-state index contributed by atoms with van der Waals surface area (Å²) in [5, 5.41) is 12.4. The maximum absolute atomic E-state index is 4.25. The van der Waals surface area contributed by atoms with Gasteiger partial charge in [-0.2, -0.15) is 4.68 Å². The number of benzene rings is 2. The molecule has 24 heavy (non-hydrogen) atoms. The summed E-state index contributed by atoms with van der Waals surface area (Å²) < 4.78 is 1.87. The average Bonchev–Trinajstić information content (AvgIpc) is 3.09. The molecule has 0 bridgehead atoms. The number of hydrogen-bond acceptors (Lipinski definition) is 3. The third-order valence-corrected chi connectivity index (χ3v) is 4.26. The van der Waals surface area contributed by atoms with Gasteiger partial charge in [0.1, 0.15) is 0 Å². The Balaban J connectivity index is 1.70. The Kier molecular flexibility index (Phi) is 4.02. The van der Waals surface area contributed by atoms with Crippen LogP contribution in [-0.4, -0.2) is 20.2 Å². The van der Waals surface area contributed by atoms with E-state index in [9.17, 15) is 0 Å². The van der Waals surface area contributed by atoms with E-state index in [1.165, 1.54) is 11.1 Å². The fourth-order valence-corrected chi connectivity index (χ4v) is 3.06. The minimum atomic E-state index is 0.824. The van der Waals surface area contributed by atoms with Crippen molar-refractivity contribution < 1.29 is 0 Å². The van der Waals surface area contributed by atoms with Crippen LogP contribution in [0.3, 0.4) is 0 Å². The van der Waals surface area contributed by atoms with Crippen LogP contribution in [0.15, 0.2) is 66.7 Å². The third-order valence-electron chi connectivity index (χ3n) is 4.26. The Morgan fingerprint density at radius 3 is 2.67 bits per heavy atom. The van der Waals surface area contributed by atoms with Crippen molar-refractivity contribution in [1.82, 2.24) is 20.2 Å². The Morgan fingerprint density at radius 1 is 0.917 bits per heavy atom. The highest BCUT2D eigenvalue weighted by molar-refractivity contribution is 5.66. The zero-order valence-corrected chi connectivity index (χ0v) is 13.3. The lowest BCUT2D eigenvalue weighted by molar-refractivity contribution is 0.742. The molecule has 0 spiro atoms. The summed E-state index contributed by atoms with van der Waals surface area (Å²) in [7, 11) is 0. The molecule has 0 radical (unpaired) electrons. The first-order chi connectivity index (χ1) is 11.9. The Morgan fingerprint density at radius 2 is 1.75 bits per heavy atom. The number of aromatic nitrogens is 4. The number of nitrogens with zero attached hydrogens (tertiary/aromatic N) is 4. The van der Waals surface area contributed by atoms with Gasteiger partial charge >= 0.3 is 0 Å². The molecule has 0 saturated heterocycles. The van der Waals surface area contributed by atoms with Crippen molar-refractivity contribution in [1.29, 1.82) is 0 Å². The summed E-state index contributed by atoms with van der Waals surface area (Å²) in [5.41, 5.74) is 4.74. The van der Waals surface area contributed by atoms with Crippen LogP contribution in [0.1, 0.15) is 24.0 Å². The minimum Gasteiger partial charge on any atom is -0.197 e. The normalized spacial score (nSPS) is 15.8. The largest absolute Gasteiger partial charge is 0.197 e. The monoisotopic (exact) mass is 314 g/mol. The van der Waals surface area contributed by atoms with Crippen LogP contribution < -0.4 is 0 Å². The molecule has 1 aliphatic rings. The van der Waals surface area contributed by atoms with Gasteiger partial charge in [-0.1, -0.05) is 66.7 Å². The van der Waals surface area contributed by atoms with Crippen LogP contribution in [0.4, 0.5) is 0 Å². The molecule has 0 N–H and O–H groups in total. The summed E-state index contributed by atoms with van der Waals surface area (Å²) in [6.07, 6.45) is 9.36. The average molecular weight is 314 g/mol. The van der Waals surface area contributed by atoms with Crippen LogP contribution in [-0.2, 0) is 6.42 Å². The maximum atomic E-state index is 4.25. The molecule has 3 aromatic rings. The Hall–Kier alpha value is -3.01. The molecule has 118 valence electrons. The molecule has 4 nitrogen and oxygen atoms in total. The standard InChI is InChI=1S/C20H18N4/c1-2-8-16(9-3-1)10-6-13-18-14-7-12-17-11-4-5-15-19(17)20-21-22-23-24(18)20/h1-6,8-11,13,15H,7,12,14H2/b10-6+,18-13+. The number of aryl methyl sites for hydroxylation is 1. The fraction of sp³-hybridized carbons (Fsp3) is 0.150. The van der Waals surface area contributed by atoms with E-state index in [0.29, 0.717) is 0 Å². The van der Waals surface area contributed by atoms with Crippen molar-refractivity contribution in [2.24, 2.45) is 0 Å². The molecule has 1 aliphatic heterocycles.